The van der Waals surface area contributed by atoms with Crippen LogP contribution in [0.3, 0.4) is 0 Å². The van der Waals surface area contributed by atoms with Crippen molar-refractivity contribution in [3.63, 3.8) is 0 Å². The van der Waals surface area contributed by atoms with Crippen molar-refractivity contribution in [2.75, 3.05) is 20.7 Å². The van der Waals surface area contributed by atoms with E-state index in [0.29, 0.717) is 5.92 Å². The maximum Gasteiger partial charge on any atom is 0.228 e. The zero-order valence-corrected chi connectivity index (χ0v) is 6.91. The first-order valence-electron chi connectivity index (χ1n) is 4.04. The van der Waals surface area contributed by atoms with Crippen LogP contribution in [0.5, 0.6) is 0 Å². The Hall–Kier alpha value is -0.570. The highest BCUT2D eigenvalue weighted by molar-refractivity contribution is 5.82. The molecule has 2 fully saturated rings. The first-order chi connectivity index (χ1) is 5.22. The first-order valence-corrected chi connectivity index (χ1v) is 4.04. The molecule has 0 aromatic rings. The van der Waals surface area contributed by atoms with E-state index >= 15 is 0 Å². The molecule has 3 atom stereocenters. The molecule has 2 aliphatic rings. The number of ether oxygens (including phenoxy) is 1. The highest BCUT2D eigenvalue weighted by atomic mass is 16.5. The molecule has 1 saturated carbocycles. The Morgan fingerprint density at radius 3 is 2.73 bits per heavy atom. The lowest BCUT2D eigenvalue weighted by Gasteiger charge is -2.10. The van der Waals surface area contributed by atoms with Gasteiger partial charge in [-0.25, -0.2) is 0 Å². The molecule has 1 saturated heterocycles. The smallest absolute Gasteiger partial charge is 0.228 e. The van der Waals surface area contributed by atoms with Gasteiger partial charge in [0.1, 0.15) is 0 Å². The highest BCUT2D eigenvalue weighted by Gasteiger charge is 2.58. The number of nitrogens with zero attached hydrogens (tertiary/aromatic N) is 1. The van der Waals surface area contributed by atoms with Gasteiger partial charge in [0.25, 0.3) is 0 Å². The maximum atomic E-state index is 11.4. The van der Waals surface area contributed by atoms with Gasteiger partial charge >= 0.3 is 0 Å². The van der Waals surface area contributed by atoms with Crippen LogP contribution in [-0.4, -0.2) is 37.6 Å². The Kier molecular flexibility index (Phi) is 1.42. The second-order valence-electron chi connectivity index (χ2n) is 3.55. The van der Waals surface area contributed by atoms with Crippen LogP contribution in [-0.2, 0) is 9.53 Å². The summed E-state index contributed by atoms with van der Waals surface area (Å²) < 4.78 is 5.36. The molecular weight excluding hydrogens is 142 g/mol. The van der Waals surface area contributed by atoms with Gasteiger partial charge in [-0.2, -0.15) is 0 Å². The molecule has 3 nitrogen and oxygen atoms in total. The summed E-state index contributed by atoms with van der Waals surface area (Å²) in [4.78, 5) is 13.0. The van der Waals surface area contributed by atoms with Gasteiger partial charge in [-0.1, -0.05) is 0 Å². The standard InChI is InChI=1S/C8H13NO2/c1-9(2)8(10)6-5-3-4-11-7(5)6/h5-7H,3-4H2,1-2H3. The van der Waals surface area contributed by atoms with Crippen LogP contribution >= 0.6 is 0 Å². The molecule has 0 bridgehead atoms. The van der Waals surface area contributed by atoms with Crippen molar-refractivity contribution in [2.45, 2.75) is 12.5 Å². The molecule has 1 amide bonds. The van der Waals surface area contributed by atoms with Gasteiger partial charge in [-0.05, 0) is 6.42 Å². The molecule has 0 aromatic carbocycles. The van der Waals surface area contributed by atoms with Gasteiger partial charge in [0, 0.05) is 26.6 Å². The summed E-state index contributed by atoms with van der Waals surface area (Å²) in [7, 11) is 3.60. The second-order valence-corrected chi connectivity index (χ2v) is 3.55. The summed E-state index contributed by atoms with van der Waals surface area (Å²) in [5.74, 6) is 0.975. The summed E-state index contributed by atoms with van der Waals surface area (Å²) in [5.41, 5.74) is 0. The Morgan fingerprint density at radius 2 is 2.27 bits per heavy atom. The molecule has 11 heavy (non-hydrogen) atoms. The van der Waals surface area contributed by atoms with Crippen molar-refractivity contribution in [2.24, 2.45) is 11.8 Å². The summed E-state index contributed by atoms with van der Waals surface area (Å²) in [6.07, 6.45) is 1.35. The number of carbonyl (C=O) groups is 1. The van der Waals surface area contributed by atoms with E-state index in [2.05, 4.69) is 0 Å². The molecule has 0 aromatic heterocycles. The lowest BCUT2D eigenvalue weighted by Crippen LogP contribution is -2.26. The highest BCUT2D eigenvalue weighted by Crippen LogP contribution is 2.49. The van der Waals surface area contributed by atoms with E-state index in [1.807, 2.05) is 0 Å². The van der Waals surface area contributed by atoms with Crippen molar-refractivity contribution in [1.82, 2.24) is 4.90 Å². The first kappa shape index (κ1) is 7.10. The van der Waals surface area contributed by atoms with Crippen LogP contribution in [0.15, 0.2) is 0 Å². The van der Waals surface area contributed by atoms with E-state index in [0.717, 1.165) is 13.0 Å². The monoisotopic (exact) mass is 155 g/mol. The molecule has 0 radical (unpaired) electrons. The molecule has 0 N–H and O–H groups in total. The van der Waals surface area contributed by atoms with Crippen LogP contribution in [0, 0.1) is 11.8 Å². The fraction of sp³-hybridized carbons (Fsp3) is 0.875. The number of hydrogen-bond acceptors (Lipinski definition) is 2. The fourth-order valence-electron chi connectivity index (χ4n) is 1.88. The normalized spacial score (nSPS) is 40.0. The third-order valence-electron chi connectivity index (χ3n) is 2.58. The zero-order valence-electron chi connectivity index (χ0n) is 6.91. The van der Waals surface area contributed by atoms with Crippen molar-refractivity contribution in [1.29, 1.82) is 0 Å². The minimum atomic E-state index is 0.193. The van der Waals surface area contributed by atoms with Crippen LogP contribution in [0.2, 0.25) is 0 Å². The van der Waals surface area contributed by atoms with Gasteiger partial charge in [0.05, 0.1) is 12.0 Å². The number of rotatable bonds is 1. The maximum absolute atomic E-state index is 11.4. The Balaban J connectivity index is 1.95. The van der Waals surface area contributed by atoms with Crippen molar-refractivity contribution >= 4 is 5.91 Å². The quantitative estimate of drug-likeness (QED) is 0.538. The number of amides is 1. The molecule has 62 valence electrons. The van der Waals surface area contributed by atoms with E-state index in [4.69, 9.17) is 4.74 Å². The number of fused-ring (bicyclic) bond motifs is 1. The second kappa shape index (κ2) is 2.21. The molecule has 1 heterocycles. The molecule has 3 unspecified atom stereocenters. The Bertz CT molecular complexity index is 181. The SMILES string of the molecule is CN(C)C(=O)C1C2CCOC21. The molecule has 3 heteroatoms. The Morgan fingerprint density at radius 1 is 1.55 bits per heavy atom. The van der Waals surface area contributed by atoms with Crippen molar-refractivity contribution in [3.05, 3.63) is 0 Å². The van der Waals surface area contributed by atoms with E-state index in [9.17, 15) is 4.79 Å². The molecular formula is C8H13NO2. The zero-order chi connectivity index (χ0) is 8.01. The molecule has 1 aliphatic carbocycles. The van der Waals surface area contributed by atoms with Gasteiger partial charge < -0.3 is 9.64 Å². The third kappa shape index (κ3) is 0.948. The summed E-state index contributed by atoms with van der Waals surface area (Å²) in [6.45, 7) is 0.854. The van der Waals surface area contributed by atoms with Crippen molar-refractivity contribution < 1.29 is 9.53 Å². The minimum absolute atomic E-state index is 0.193. The van der Waals surface area contributed by atoms with Crippen molar-refractivity contribution in [3.8, 4) is 0 Å². The predicted molar refractivity (Wildman–Crippen MR) is 40.0 cm³/mol. The van der Waals surface area contributed by atoms with Crippen LogP contribution in [0.1, 0.15) is 6.42 Å². The van der Waals surface area contributed by atoms with E-state index < -0.39 is 0 Å². The third-order valence-corrected chi connectivity index (χ3v) is 2.58. The fourth-order valence-corrected chi connectivity index (χ4v) is 1.88. The summed E-state index contributed by atoms with van der Waals surface area (Å²) >= 11 is 0. The topological polar surface area (TPSA) is 29.5 Å². The van der Waals surface area contributed by atoms with E-state index in [-0.39, 0.29) is 17.9 Å². The van der Waals surface area contributed by atoms with E-state index in [1.165, 1.54) is 0 Å². The van der Waals surface area contributed by atoms with Gasteiger partial charge in [-0.15, -0.1) is 0 Å². The van der Waals surface area contributed by atoms with Gasteiger partial charge in [-0.3, -0.25) is 4.79 Å². The molecule has 0 spiro atoms. The van der Waals surface area contributed by atoms with E-state index in [1.54, 1.807) is 19.0 Å². The van der Waals surface area contributed by atoms with Gasteiger partial charge in [0.15, 0.2) is 0 Å². The van der Waals surface area contributed by atoms with Crippen LogP contribution < -0.4 is 0 Å². The number of carbonyl (C=O) groups excluding carboxylic acids is 1. The summed E-state index contributed by atoms with van der Waals surface area (Å²) in [6, 6.07) is 0. The number of hydrogen-bond donors (Lipinski definition) is 0. The van der Waals surface area contributed by atoms with Crippen LogP contribution in [0.4, 0.5) is 0 Å². The van der Waals surface area contributed by atoms with Gasteiger partial charge in [0.2, 0.25) is 5.91 Å². The lowest BCUT2D eigenvalue weighted by molar-refractivity contribution is -0.131. The molecule has 1 aliphatic heterocycles. The largest absolute Gasteiger partial charge is 0.377 e. The Labute approximate surface area is 66.3 Å². The average Bonchev–Trinajstić information content (AvgIpc) is 2.41. The molecule has 2 rings (SSSR count). The average molecular weight is 155 g/mol. The predicted octanol–water partition coefficient (Wildman–Crippen LogP) is 0.109. The lowest BCUT2D eigenvalue weighted by atomic mass is 10.2. The minimum Gasteiger partial charge on any atom is -0.377 e. The van der Waals surface area contributed by atoms with Crippen LogP contribution in [0.25, 0.3) is 0 Å². The summed E-state index contributed by atoms with van der Waals surface area (Å²) in [5, 5.41) is 0.